The van der Waals surface area contributed by atoms with E-state index in [1.54, 1.807) is 13.8 Å². The van der Waals surface area contributed by atoms with Gasteiger partial charge in [0, 0.05) is 23.6 Å². The number of carbonyl (C=O) groups excluding carboxylic acids is 2. The van der Waals surface area contributed by atoms with Crippen LogP contribution in [0, 0.1) is 0 Å². The van der Waals surface area contributed by atoms with Gasteiger partial charge in [-0.3, -0.25) is 10.2 Å². The molecule has 1 aromatic carbocycles. The van der Waals surface area contributed by atoms with Crippen LogP contribution in [0.2, 0.25) is 0 Å². The highest BCUT2D eigenvalue weighted by Gasteiger charge is 2.08. The molecule has 1 aromatic heterocycles. The fourth-order valence-corrected chi connectivity index (χ4v) is 2.46. The average molecular weight is 426 g/mol. The van der Waals surface area contributed by atoms with Gasteiger partial charge in [-0.1, -0.05) is 12.1 Å². The number of hydrogen-bond acceptors (Lipinski definition) is 7. The smallest absolute Gasteiger partial charge is 0.354 e. The number of nitrogens with one attached hydrogen (secondary N) is 2. The molecule has 0 aliphatic heterocycles. The molecule has 2 N–H and O–H groups in total. The third-order valence-electron chi connectivity index (χ3n) is 2.90. The van der Waals surface area contributed by atoms with E-state index in [4.69, 9.17) is 4.74 Å². The molecule has 0 aliphatic rings. The minimum Gasteiger partial charge on any atom is -1.00 e. The van der Waals surface area contributed by atoms with E-state index in [2.05, 4.69) is 20.8 Å². The maximum absolute atomic E-state index is 11.5. The number of nitrogens with zero attached hydrogens (tertiary/aromatic N) is 2. The summed E-state index contributed by atoms with van der Waals surface area (Å²) in [5.41, 5.74) is 5.40. The number of aromatic nitrogens is 1. The van der Waals surface area contributed by atoms with Gasteiger partial charge in [0.15, 0.2) is 0 Å². The Balaban J connectivity index is 0.00000312. The second kappa shape index (κ2) is 9.90. The van der Waals surface area contributed by atoms with Crippen LogP contribution in [0.5, 0.6) is 0 Å². The van der Waals surface area contributed by atoms with Gasteiger partial charge in [-0.25, -0.2) is 9.78 Å². The topological polar surface area (TPSA) is 92.7 Å². The van der Waals surface area contributed by atoms with Crippen molar-refractivity contribution in [3.05, 3.63) is 29.6 Å². The molecule has 2 rings (SSSR count). The van der Waals surface area contributed by atoms with E-state index < -0.39 is 5.97 Å². The molecule has 0 atom stereocenters. The summed E-state index contributed by atoms with van der Waals surface area (Å²) in [5.74, 6) is -0.576. The SMILES string of the molecule is CCOC(=O)C(C)=NNc1nc(-c2ccc(NC(C)=O)cc2)cs1.[Br-]. The predicted molar refractivity (Wildman–Crippen MR) is 95.2 cm³/mol. The second-order valence-corrected chi connectivity index (χ2v) is 5.68. The molecule has 7 nitrogen and oxygen atoms in total. The Bertz CT molecular complexity index is 759. The zero-order valence-electron chi connectivity index (χ0n) is 14.0. The zero-order valence-corrected chi connectivity index (χ0v) is 16.4. The highest BCUT2D eigenvalue weighted by Crippen LogP contribution is 2.26. The van der Waals surface area contributed by atoms with Crippen LogP contribution in [-0.2, 0) is 14.3 Å². The highest BCUT2D eigenvalue weighted by molar-refractivity contribution is 7.14. The number of rotatable bonds is 6. The predicted octanol–water partition coefficient (Wildman–Crippen LogP) is 0.123. The summed E-state index contributed by atoms with van der Waals surface area (Å²) in [6, 6.07) is 7.37. The third-order valence-corrected chi connectivity index (χ3v) is 3.64. The average Bonchev–Trinajstić information content (AvgIpc) is 3.02. The van der Waals surface area contributed by atoms with Crippen molar-refractivity contribution >= 4 is 39.7 Å². The van der Waals surface area contributed by atoms with Crippen LogP contribution in [-0.4, -0.2) is 29.2 Å². The number of anilines is 2. The maximum Gasteiger partial charge on any atom is 0.354 e. The number of esters is 1. The van der Waals surface area contributed by atoms with Crippen LogP contribution < -0.4 is 27.7 Å². The number of thiazole rings is 1. The van der Waals surface area contributed by atoms with Crippen molar-refractivity contribution in [3.8, 4) is 11.3 Å². The van der Waals surface area contributed by atoms with E-state index in [9.17, 15) is 9.59 Å². The van der Waals surface area contributed by atoms with Crippen molar-refractivity contribution in [2.24, 2.45) is 5.10 Å². The Morgan fingerprint density at radius 3 is 2.52 bits per heavy atom. The first-order chi connectivity index (χ1) is 11.5. The Kier molecular flexibility index (Phi) is 8.23. The van der Waals surface area contributed by atoms with Crippen molar-refractivity contribution < 1.29 is 31.3 Å². The molecule has 134 valence electrons. The molecule has 0 spiro atoms. The van der Waals surface area contributed by atoms with Crippen molar-refractivity contribution in [2.75, 3.05) is 17.3 Å². The monoisotopic (exact) mass is 425 g/mol. The lowest BCUT2D eigenvalue weighted by Gasteiger charge is -2.02. The van der Waals surface area contributed by atoms with Crippen molar-refractivity contribution in [1.29, 1.82) is 0 Å². The lowest BCUT2D eigenvalue weighted by Crippen LogP contribution is -3.00. The Morgan fingerprint density at radius 1 is 1.24 bits per heavy atom. The number of ether oxygens (including phenoxy) is 1. The van der Waals surface area contributed by atoms with Crippen molar-refractivity contribution in [2.45, 2.75) is 20.8 Å². The van der Waals surface area contributed by atoms with Crippen LogP contribution in [0.25, 0.3) is 11.3 Å². The van der Waals surface area contributed by atoms with Gasteiger partial charge >= 0.3 is 5.97 Å². The van der Waals surface area contributed by atoms with E-state index in [-0.39, 0.29) is 28.6 Å². The minimum atomic E-state index is -0.463. The summed E-state index contributed by atoms with van der Waals surface area (Å²) in [4.78, 5) is 26.9. The largest absolute Gasteiger partial charge is 1.00 e. The molecule has 0 saturated carbocycles. The molecule has 0 saturated heterocycles. The first-order valence-corrected chi connectivity index (χ1v) is 8.18. The van der Waals surface area contributed by atoms with Gasteiger partial charge in [-0.2, -0.15) is 5.10 Å². The summed E-state index contributed by atoms with van der Waals surface area (Å²) in [6.45, 7) is 5.08. The number of amides is 1. The van der Waals surface area contributed by atoms with Crippen molar-refractivity contribution in [3.63, 3.8) is 0 Å². The van der Waals surface area contributed by atoms with Crippen molar-refractivity contribution in [1.82, 2.24) is 4.98 Å². The Labute approximate surface area is 160 Å². The fourth-order valence-electron chi connectivity index (χ4n) is 1.80. The van der Waals surface area contributed by atoms with Gasteiger partial charge in [-0.05, 0) is 26.0 Å². The quantitative estimate of drug-likeness (QED) is 0.389. The molecule has 0 radical (unpaired) electrons. The Hall–Kier alpha value is -2.26. The molecule has 0 unspecified atom stereocenters. The Morgan fingerprint density at radius 2 is 1.92 bits per heavy atom. The number of halogens is 1. The first-order valence-electron chi connectivity index (χ1n) is 7.30. The van der Waals surface area contributed by atoms with Crippen LogP contribution >= 0.6 is 11.3 Å². The van der Waals surface area contributed by atoms with E-state index >= 15 is 0 Å². The van der Waals surface area contributed by atoms with Crippen LogP contribution in [0.1, 0.15) is 20.8 Å². The summed E-state index contributed by atoms with van der Waals surface area (Å²) in [5, 5.41) is 9.12. The summed E-state index contributed by atoms with van der Waals surface area (Å²) in [7, 11) is 0. The molecule has 25 heavy (non-hydrogen) atoms. The number of carbonyl (C=O) groups is 2. The lowest BCUT2D eigenvalue weighted by atomic mass is 10.1. The molecular weight excluding hydrogens is 408 g/mol. The van der Waals surface area contributed by atoms with Crippen LogP contribution in [0.15, 0.2) is 34.7 Å². The third kappa shape index (κ3) is 6.28. The van der Waals surface area contributed by atoms with E-state index in [0.29, 0.717) is 11.7 Å². The van der Waals surface area contributed by atoms with Gasteiger partial charge in [0.2, 0.25) is 11.0 Å². The fraction of sp³-hybridized carbons (Fsp3) is 0.250. The lowest BCUT2D eigenvalue weighted by molar-refractivity contribution is -0.135. The molecule has 2 aromatic rings. The van der Waals surface area contributed by atoms with Gasteiger partial charge in [0.25, 0.3) is 0 Å². The van der Waals surface area contributed by atoms with Crippen LogP contribution in [0.4, 0.5) is 10.8 Å². The molecule has 0 aliphatic carbocycles. The van der Waals surface area contributed by atoms with E-state index in [0.717, 1.165) is 16.9 Å². The highest BCUT2D eigenvalue weighted by atomic mass is 79.9. The van der Waals surface area contributed by atoms with E-state index in [1.807, 2.05) is 29.6 Å². The van der Waals surface area contributed by atoms with Gasteiger partial charge < -0.3 is 27.0 Å². The number of benzene rings is 1. The maximum atomic E-state index is 11.5. The van der Waals surface area contributed by atoms with Gasteiger partial charge in [0.1, 0.15) is 5.71 Å². The molecule has 9 heteroatoms. The number of hydrogen-bond donors (Lipinski definition) is 2. The minimum absolute atomic E-state index is 0. The zero-order chi connectivity index (χ0) is 17.5. The van der Waals surface area contributed by atoms with Gasteiger partial charge in [0.05, 0.1) is 12.3 Å². The van der Waals surface area contributed by atoms with Crippen LogP contribution in [0.3, 0.4) is 0 Å². The first kappa shape index (κ1) is 20.8. The molecule has 1 heterocycles. The van der Waals surface area contributed by atoms with E-state index in [1.165, 1.54) is 18.3 Å². The molecule has 0 fully saturated rings. The summed E-state index contributed by atoms with van der Waals surface area (Å²) in [6.07, 6.45) is 0. The normalized spacial score (nSPS) is 10.6. The molecule has 1 amide bonds. The summed E-state index contributed by atoms with van der Waals surface area (Å²) >= 11 is 1.38. The molecule has 0 bridgehead atoms. The molecular formula is C16H18BrN4O3S-. The standard InChI is InChI=1S/C16H18N4O3S.BrH/c1-4-23-15(22)10(2)19-20-16-18-14(9-24-16)12-5-7-13(8-6-12)17-11(3)21;/h5-9H,4H2,1-3H3,(H,17,21)(H,18,20);1H/p-1. The second-order valence-electron chi connectivity index (χ2n) is 4.83. The number of hydrazone groups is 1. The summed E-state index contributed by atoms with van der Waals surface area (Å²) < 4.78 is 4.85. The van der Waals surface area contributed by atoms with Gasteiger partial charge in [-0.15, -0.1) is 11.3 Å².